The summed E-state index contributed by atoms with van der Waals surface area (Å²) in [6.45, 7) is 0.750. The Kier molecular flexibility index (Phi) is 7.10. The van der Waals surface area contributed by atoms with Gasteiger partial charge in [0.15, 0.2) is 0 Å². The molecule has 3 amide bonds. The van der Waals surface area contributed by atoms with Gasteiger partial charge in [-0.15, -0.1) is 12.4 Å². The lowest BCUT2D eigenvalue weighted by molar-refractivity contribution is -0.121. The number of amides is 3. The molecule has 1 aliphatic rings. The highest BCUT2D eigenvalue weighted by Crippen LogP contribution is 2.34. The van der Waals surface area contributed by atoms with Crippen LogP contribution >= 0.6 is 12.4 Å². The van der Waals surface area contributed by atoms with Gasteiger partial charge in [0, 0.05) is 19.6 Å². The van der Waals surface area contributed by atoms with Crippen molar-refractivity contribution in [3.8, 4) is 0 Å². The Morgan fingerprint density at radius 2 is 2.06 bits per heavy atom. The number of imide groups is 1. The molecule has 1 atom stereocenters. The Morgan fingerprint density at radius 1 is 1.47 bits per heavy atom. The van der Waals surface area contributed by atoms with E-state index in [0.29, 0.717) is 12.5 Å². The third-order valence-electron chi connectivity index (χ3n) is 2.85. The van der Waals surface area contributed by atoms with Crippen molar-refractivity contribution < 1.29 is 9.59 Å². The van der Waals surface area contributed by atoms with Crippen molar-refractivity contribution in [2.45, 2.75) is 18.9 Å². The largest absolute Gasteiger partial charge is 0.341 e. The highest BCUT2D eigenvalue weighted by atomic mass is 35.5. The number of nitrogens with one attached hydrogen (secondary N) is 2. The summed E-state index contributed by atoms with van der Waals surface area (Å²) in [5, 5.41) is 4.56. The second kappa shape index (κ2) is 7.47. The maximum absolute atomic E-state index is 11.4. The average molecular weight is 265 g/mol. The van der Waals surface area contributed by atoms with Crippen molar-refractivity contribution in [2.75, 3.05) is 27.2 Å². The molecular weight excluding hydrogens is 244 g/mol. The molecule has 6 nitrogen and oxygen atoms in total. The molecule has 7 heteroatoms. The number of hydrogen-bond donors (Lipinski definition) is 3. The fourth-order valence-corrected chi connectivity index (χ4v) is 1.79. The zero-order valence-corrected chi connectivity index (χ0v) is 11.0. The first kappa shape index (κ1) is 16.1. The van der Waals surface area contributed by atoms with Crippen molar-refractivity contribution in [1.29, 1.82) is 0 Å². The summed E-state index contributed by atoms with van der Waals surface area (Å²) in [5.41, 5.74) is 5.67. The zero-order valence-electron chi connectivity index (χ0n) is 10.2. The van der Waals surface area contributed by atoms with Gasteiger partial charge >= 0.3 is 6.03 Å². The molecule has 0 radical (unpaired) electrons. The first-order chi connectivity index (χ1) is 7.58. The lowest BCUT2D eigenvalue weighted by atomic mass is 10.1. The Labute approximate surface area is 108 Å². The second-order valence-corrected chi connectivity index (χ2v) is 4.18. The van der Waals surface area contributed by atoms with Gasteiger partial charge in [0.05, 0.1) is 6.54 Å². The number of nitrogens with two attached hydrogens (primary N) is 1. The summed E-state index contributed by atoms with van der Waals surface area (Å²) in [7, 11) is 3.33. The minimum absolute atomic E-state index is 0. The van der Waals surface area contributed by atoms with E-state index in [4.69, 9.17) is 5.73 Å². The molecular formula is C10H21ClN4O2. The molecule has 4 N–H and O–H groups in total. The Hall–Kier alpha value is -0.850. The highest BCUT2D eigenvalue weighted by Gasteiger charge is 2.33. The summed E-state index contributed by atoms with van der Waals surface area (Å²) >= 11 is 0. The summed E-state index contributed by atoms with van der Waals surface area (Å²) < 4.78 is 0. The van der Waals surface area contributed by atoms with E-state index in [-0.39, 0.29) is 30.9 Å². The molecule has 0 aromatic rings. The molecule has 1 fully saturated rings. The molecule has 0 aromatic carbocycles. The van der Waals surface area contributed by atoms with Gasteiger partial charge < -0.3 is 11.1 Å². The van der Waals surface area contributed by atoms with Crippen LogP contribution in [0.2, 0.25) is 0 Å². The molecule has 1 unspecified atom stereocenters. The van der Waals surface area contributed by atoms with E-state index in [1.54, 1.807) is 0 Å². The van der Waals surface area contributed by atoms with Crippen LogP contribution in [-0.2, 0) is 4.79 Å². The third-order valence-corrected chi connectivity index (χ3v) is 2.85. The van der Waals surface area contributed by atoms with Crippen LogP contribution in [0.3, 0.4) is 0 Å². The minimum Gasteiger partial charge on any atom is -0.341 e. The fourth-order valence-electron chi connectivity index (χ4n) is 1.79. The van der Waals surface area contributed by atoms with Gasteiger partial charge in [-0.3, -0.25) is 15.0 Å². The Bertz CT molecular complexity index is 271. The van der Waals surface area contributed by atoms with Crippen LogP contribution in [0.5, 0.6) is 0 Å². The minimum atomic E-state index is -0.478. The standard InChI is InChI=1S/C10H20N4O2.ClH/c1-12-10(16)13-9(15)6-14(2)8(5-11)7-3-4-7;/h7-8H,3-6,11H2,1-2H3,(H2,12,13,15,16);1H. The maximum Gasteiger partial charge on any atom is 0.321 e. The van der Waals surface area contributed by atoms with Crippen LogP contribution in [0.4, 0.5) is 4.79 Å². The molecule has 1 aliphatic carbocycles. The number of hydrogen-bond acceptors (Lipinski definition) is 4. The molecule has 1 saturated carbocycles. The first-order valence-corrected chi connectivity index (χ1v) is 5.50. The number of halogens is 1. The van der Waals surface area contributed by atoms with Crippen LogP contribution in [0.15, 0.2) is 0 Å². The summed E-state index contributed by atoms with van der Waals surface area (Å²) in [6.07, 6.45) is 2.37. The lowest BCUT2D eigenvalue weighted by Gasteiger charge is -2.25. The summed E-state index contributed by atoms with van der Waals surface area (Å²) in [6, 6.07) is -0.232. The average Bonchev–Trinajstić information content (AvgIpc) is 3.02. The fraction of sp³-hybridized carbons (Fsp3) is 0.800. The van der Waals surface area contributed by atoms with Crippen molar-refractivity contribution in [3.63, 3.8) is 0 Å². The predicted molar refractivity (Wildman–Crippen MR) is 68.0 cm³/mol. The SMILES string of the molecule is CNC(=O)NC(=O)CN(C)C(CN)C1CC1.Cl. The van der Waals surface area contributed by atoms with Gasteiger partial charge in [-0.1, -0.05) is 0 Å². The van der Waals surface area contributed by atoms with Crippen LogP contribution in [-0.4, -0.2) is 50.1 Å². The maximum atomic E-state index is 11.4. The monoisotopic (exact) mass is 264 g/mol. The van der Waals surface area contributed by atoms with E-state index < -0.39 is 6.03 Å². The van der Waals surface area contributed by atoms with E-state index in [1.807, 2.05) is 11.9 Å². The van der Waals surface area contributed by atoms with Crippen LogP contribution in [0, 0.1) is 5.92 Å². The van der Waals surface area contributed by atoms with E-state index in [1.165, 1.54) is 19.9 Å². The molecule has 0 spiro atoms. The smallest absolute Gasteiger partial charge is 0.321 e. The number of carbonyl (C=O) groups is 2. The Morgan fingerprint density at radius 3 is 2.47 bits per heavy atom. The highest BCUT2D eigenvalue weighted by molar-refractivity contribution is 5.95. The normalized spacial score (nSPS) is 16.0. The summed E-state index contributed by atoms with van der Waals surface area (Å²) in [5.74, 6) is 0.309. The number of rotatable bonds is 5. The molecule has 0 heterocycles. The van der Waals surface area contributed by atoms with Crippen LogP contribution in [0.25, 0.3) is 0 Å². The Balaban J connectivity index is 0.00000256. The number of nitrogens with zero attached hydrogens (tertiary/aromatic N) is 1. The second-order valence-electron chi connectivity index (χ2n) is 4.18. The van der Waals surface area contributed by atoms with Crippen molar-refractivity contribution in [3.05, 3.63) is 0 Å². The number of carbonyl (C=O) groups excluding carboxylic acids is 2. The molecule has 0 bridgehead atoms. The quantitative estimate of drug-likeness (QED) is 0.627. The zero-order chi connectivity index (χ0) is 12.1. The van der Waals surface area contributed by atoms with Crippen LogP contribution < -0.4 is 16.4 Å². The van der Waals surface area contributed by atoms with Crippen LogP contribution in [0.1, 0.15) is 12.8 Å². The van der Waals surface area contributed by atoms with Crippen molar-refractivity contribution >= 4 is 24.3 Å². The van der Waals surface area contributed by atoms with Gasteiger partial charge in [0.2, 0.25) is 5.91 Å². The predicted octanol–water partition coefficient (Wildman–Crippen LogP) is -0.467. The van der Waals surface area contributed by atoms with Gasteiger partial charge in [0.25, 0.3) is 0 Å². The topological polar surface area (TPSA) is 87.5 Å². The molecule has 1 rings (SSSR count). The molecule has 0 saturated heterocycles. The first-order valence-electron chi connectivity index (χ1n) is 5.50. The molecule has 100 valence electrons. The van der Waals surface area contributed by atoms with E-state index in [0.717, 1.165) is 0 Å². The molecule has 0 aromatic heterocycles. The lowest BCUT2D eigenvalue weighted by Crippen LogP contribution is -2.47. The summed E-state index contributed by atoms with van der Waals surface area (Å²) in [4.78, 5) is 24.2. The van der Waals surface area contributed by atoms with E-state index in [9.17, 15) is 9.59 Å². The number of urea groups is 1. The van der Waals surface area contributed by atoms with Gasteiger partial charge in [-0.05, 0) is 25.8 Å². The van der Waals surface area contributed by atoms with E-state index >= 15 is 0 Å². The molecule has 17 heavy (non-hydrogen) atoms. The van der Waals surface area contributed by atoms with Crippen molar-refractivity contribution in [1.82, 2.24) is 15.5 Å². The third kappa shape index (κ3) is 5.34. The van der Waals surface area contributed by atoms with Crippen molar-refractivity contribution in [2.24, 2.45) is 11.7 Å². The van der Waals surface area contributed by atoms with Gasteiger partial charge in [0.1, 0.15) is 0 Å². The molecule has 0 aliphatic heterocycles. The van der Waals surface area contributed by atoms with E-state index in [2.05, 4.69) is 10.6 Å². The van der Waals surface area contributed by atoms with Gasteiger partial charge in [-0.25, -0.2) is 4.79 Å². The number of likely N-dealkylation sites (N-methyl/N-ethyl adjacent to an activating group) is 1. The van der Waals surface area contributed by atoms with Gasteiger partial charge in [-0.2, -0.15) is 0 Å².